The van der Waals surface area contributed by atoms with Gasteiger partial charge in [0.25, 0.3) is 5.91 Å². The molecule has 0 aromatic carbocycles. The summed E-state index contributed by atoms with van der Waals surface area (Å²) in [5.41, 5.74) is 3.07. The van der Waals surface area contributed by atoms with Crippen molar-refractivity contribution in [1.82, 2.24) is 20.4 Å². The van der Waals surface area contributed by atoms with Gasteiger partial charge < -0.3 is 10.6 Å². The lowest BCUT2D eigenvalue weighted by atomic mass is 10.1. The van der Waals surface area contributed by atoms with Gasteiger partial charge in [-0.15, -0.1) is 0 Å². The third-order valence-corrected chi connectivity index (χ3v) is 3.61. The molecule has 0 fully saturated rings. The van der Waals surface area contributed by atoms with Crippen LogP contribution in [0.2, 0.25) is 0 Å². The summed E-state index contributed by atoms with van der Waals surface area (Å²) in [4.78, 5) is 12.2. The lowest BCUT2D eigenvalue weighted by molar-refractivity contribution is 0.0943. The molecule has 5 heteroatoms. The molecule has 1 amide bonds. The Morgan fingerprint density at radius 1 is 1.50 bits per heavy atom. The Hall–Kier alpha value is -1.62. The first kappa shape index (κ1) is 14.8. The molecule has 110 valence electrons. The van der Waals surface area contributed by atoms with Crippen LogP contribution in [0.15, 0.2) is 17.7 Å². The number of hydrogen-bond donors (Lipinski definition) is 2. The zero-order chi connectivity index (χ0) is 14.4. The number of nitrogens with one attached hydrogen (secondary N) is 2. The van der Waals surface area contributed by atoms with Crippen molar-refractivity contribution in [3.8, 4) is 0 Å². The van der Waals surface area contributed by atoms with E-state index in [0.29, 0.717) is 12.2 Å². The van der Waals surface area contributed by atoms with Crippen LogP contribution in [0.5, 0.6) is 0 Å². The second-order valence-electron chi connectivity index (χ2n) is 5.01. The minimum absolute atomic E-state index is 0.0198. The topological polar surface area (TPSA) is 59.0 Å². The molecule has 1 aliphatic heterocycles. The fourth-order valence-corrected chi connectivity index (χ4v) is 2.39. The molecule has 1 aromatic rings. The Bertz CT molecular complexity index is 490. The first-order chi connectivity index (χ1) is 9.74. The van der Waals surface area contributed by atoms with Crippen molar-refractivity contribution in [1.29, 1.82) is 0 Å². The van der Waals surface area contributed by atoms with Gasteiger partial charge >= 0.3 is 0 Å². The minimum Gasteiger partial charge on any atom is -0.350 e. The molecular formula is C15H24N4O. The number of nitrogens with zero attached hydrogens (tertiary/aromatic N) is 2. The predicted molar refractivity (Wildman–Crippen MR) is 79.8 cm³/mol. The van der Waals surface area contributed by atoms with E-state index in [1.54, 1.807) is 4.68 Å². The van der Waals surface area contributed by atoms with E-state index in [4.69, 9.17) is 0 Å². The largest absolute Gasteiger partial charge is 0.350 e. The molecule has 2 rings (SSSR count). The maximum absolute atomic E-state index is 12.2. The summed E-state index contributed by atoms with van der Waals surface area (Å²) in [6, 6.07) is 1.89. The summed E-state index contributed by atoms with van der Waals surface area (Å²) in [7, 11) is 0. The molecule has 2 heterocycles. The van der Waals surface area contributed by atoms with Gasteiger partial charge in [-0.3, -0.25) is 9.48 Å². The highest BCUT2D eigenvalue weighted by molar-refractivity contribution is 5.92. The predicted octanol–water partition coefficient (Wildman–Crippen LogP) is 1.50. The zero-order valence-electron chi connectivity index (χ0n) is 12.4. The summed E-state index contributed by atoms with van der Waals surface area (Å²) in [6.45, 7) is 7.46. The van der Waals surface area contributed by atoms with Crippen LogP contribution in [0.1, 0.15) is 42.9 Å². The van der Waals surface area contributed by atoms with Crippen LogP contribution in [-0.2, 0) is 13.0 Å². The van der Waals surface area contributed by atoms with Crippen molar-refractivity contribution >= 4 is 5.91 Å². The fourth-order valence-electron chi connectivity index (χ4n) is 2.39. The van der Waals surface area contributed by atoms with Crippen LogP contribution < -0.4 is 10.6 Å². The standard InChI is InChI=1S/C15H24N4O/c1-3-13-11-14(19(4-2)18-13)15(20)17-10-7-12-5-8-16-9-6-12/h5,11,16H,3-4,6-10H2,1-2H3,(H,17,20). The molecule has 0 bridgehead atoms. The molecule has 0 aliphatic carbocycles. The Kier molecular flexibility index (Phi) is 5.35. The normalized spacial score (nSPS) is 15.0. The summed E-state index contributed by atoms with van der Waals surface area (Å²) in [6.07, 6.45) is 5.10. The molecule has 0 atom stereocenters. The zero-order valence-corrected chi connectivity index (χ0v) is 12.4. The summed E-state index contributed by atoms with van der Waals surface area (Å²) < 4.78 is 1.78. The second-order valence-corrected chi connectivity index (χ2v) is 5.01. The Morgan fingerprint density at radius 3 is 3.00 bits per heavy atom. The first-order valence-corrected chi connectivity index (χ1v) is 7.48. The van der Waals surface area contributed by atoms with E-state index in [1.807, 2.05) is 19.9 Å². The summed E-state index contributed by atoms with van der Waals surface area (Å²) in [5.74, 6) is -0.0198. The number of aryl methyl sites for hydroxylation is 2. The van der Waals surface area contributed by atoms with E-state index in [9.17, 15) is 4.79 Å². The van der Waals surface area contributed by atoms with E-state index in [-0.39, 0.29) is 5.91 Å². The number of carbonyl (C=O) groups is 1. The molecule has 5 nitrogen and oxygen atoms in total. The van der Waals surface area contributed by atoms with E-state index in [2.05, 4.69) is 21.8 Å². The number of rotatable bonds is 6. The maximum Gasteiger partial charge on any atom is 0.269 e. The van der Waals surface area contributed by atoms with Gasteiger partial charge in [0.05, 0.1) is 5.69 Å². The average molecular weight is 276 g/mol. The Morgan fingerprint density at radius 2 is 2.35 bits per heavy atom. The van der Waals surface area contributed by atoms with Crippen LogP contribution in [0, 0.1) is 0 Å². The smallest absolute Gasteiger partial charge is 0.269 e. The summed E-state index contributed by atoms with van der Waals surface area (Å²) in [5, 5.41) is 10.7. The van der Waals surface area contributed by atoms with Gasteiger partial charge in [-0.05, 0) is 38.8 Å². The number of hydrogen-bond acceptors (Lipinski definition) is 3. The fraction of sp³-hybridized carbons (Fsp3) is 0.600. The van der Waals surface area contributed by atoms with Crippen LogP contribution >= 0.6 is 0 Å². The molecular weight excluding hydrogens is 252 g/mol. The van der Waals surface area contributed by atoms with E-state index >= 15 is 0 Å². The third kappa shape index (κ3) is 3.70. The van der Waals surface area contributed by atoms with E-state index in [0.717, 1.165) is 44.6 Å². The van der Waals surface area contributed by atoms with E-state index < -0.39 is 0 Å². The molecule has 0 unspecified atom stereocenters. The molecule has 0 radical (unpaired) electrons. The molecule has 0 spiro atoms. The molecule has 0 saturated carbocycles. The highest BCUT2D eigenvalue weighted by Crippen LogP contribution is 2.09. The van der Waals surface area contributed by atoms with Gasteiger partial charge in [-0.2, -0.15) is 5.10 Å². The lowest BCUT2D eigenvalue weighted by Crippen LogP contribution is -2.28. The number of aromatic nitrogens is 2. The van der Waals surface area contributed by atoms with Gasteiger partial charge in [-0.1, -0.05) is 18.6 Å². The highest BCUT2D eigenvalue weighted by atomic mass is 16.2. The van der Waals surface area contributed by atoms with Crippen molar-refractivity contribution in [2.75, 3.05) is 19.6 Å². The van der Waals surface area contributed by atoms with Gasteiger partial charge in [-0.25, -0.2) is 0 Å². The Balaban J connectivity index is 1.88. The summed E-state index contributed by atoms with van der Waals surface area (Å²) >= 11 is 0. The highest BCUT2D eigenvalue weighted by Gasteiger charge is 2.13. The molecule has 1 aromatic heterocycles. The number of amides is 1. The molecule has 2 N–H and O–H groups in total. The van der Waals surface area contributed by atoms with Crippen LogP contribution in [0.25, 0.3) is 0 Å². The van der Waals surface area contributed by atoms with Crippen molar-refractivity contribution < 1.29 is 4.79 Å². The van der Waals surface area contributed by atoms with Crippen LogP contribution in [0.4, 0.5) is 0 Å². The Labute approximate surface area is 120 Å². The van der Waals surface area contributed by atoms with Crippen molar-refractivity contribution in [3.05, 3.63) is 29.1 Å². The van der Waals surface area contributed by atoms with Crippen LogP contribution in [0.3, 0.4) is 0 Å². The van der Waals surface area contributed by atoms with Gasteiger partial charge in [0.2, 0.25) is 0 Å². The molecule has 20 heavy (non-hydrogen) atoms. The second kappa shape index (κ2) is 7.24. The van der Waals surface area contributed by atoms with Crippen LogP contribution in [-0.4, -0.2) is 35.3 Å². The average Bonchev–Trinajstić information content (AvgIpc) is 2.91. The van der Waals surface area contributed by atoms with Crippen molar-refractivity contribution in [2.45, 2.75) is 39.7 Å². The monoisotopic (exact) mass is 276 g/mol. The minimum atomic E-state index is -0.0198. The maximum atomic E-state index is 12.2. The molecule has 1 aliphatic rings. The molecule has 0 saturated heterocycles. The van der Waals surface area contributed by atoms with Gasteiger partial charge in [0.1, 0.15) is 5.69 Å². The number of carbonyl (C=O) groups excluding carboxylic acids is 1. The van der Waals surface area contributed by atoms with Gasteiger partial charge in [0.15, 0.2) is 0 Å². The lowest BCUT2D eigenvalue weighted by Gasteiger charge is -2.14. The van der Waals surface area contributed by atoms with E-state index in [1.165, 1.54) is 5.57 Å². The van der Waals surface area contributed by atoms with Crippen molar-refractivity contribution in [3.63, 3.8) is 0 Å². The third-order valence-electron chi connectivity index (χ3n) is 3.61. The SMILES string of the molecule is CCc1cc(C(=O)NCCC2=CCNCC2)n(CC)n1. The first-order valence-electron chi connectivity index (χ1n) is 7.48. The van der Waals surface area contributed by atoms with Gasteiger partial charge in [0, 0.05) is 19.6 Å². The van der Waals surface area contributed by atoms with Crippen molar-refractivity contribution in [2.24, 2.45) is 0 Å². The quantitative estimate of drug-likeness (QED) is 0.774.